The van der Waals surface area contributed by atoms with Crippen molar-refractivity contribution in [3.63, 3.8) is 0 Å². The van der Waals surface area contributed by atoms with Crippen LogP contribution in [0.5, 0.6) is 5.75 Å². The highest BCUT2D eigenvalue weighted by Crippen LogP contribution is 2.25. The number of methoxy groups -OCH3 is 1. The Balaban J connectivity index is 1.56. The van der Waals surface area contributed by atoms with E-state index in [1.807, 2.05) is 79.7 Å². The van der Waals surface area contributed by atoms with Crippen molar-refractivity contribution in [1.29, 1.82) is 0 Å². The third-order valence-electron chi connectivity index (χ3n) is 5.97. The van der Waals surface area contributed by atoms with Crippen LogP contribution in [0.3, 0.4) is 0 Å². The highest BCUT2D eigenvalue weighted by Gasteiger charge is 2.18. The van der Waals surface area contributed by atoms with Gasteiger partial charge in [-0.15, -0.1) is 0 Å². The number of para-hydroxylation sites is 2. The summed E-state index contributed by atoms with van der Waals surface area (Å²) >= 11 is 0. The molecule has 1 N–H and O–H groups in total. The van der Waals surface area contributed by atoms with Crippen molar-refractivity contribution in [2.24, 2.45) is 0 Å². The van der Waals surface area contributed by atoms with Gasteiger partial charge in [0.1, 0.15) is 23.3 Å². The molecule has 0 aliphatic rings. The van der Waals surface area contributed by atoms with Gasteiger partial charge in [-0.2, -0.15) is 0 Å². The predicted octanol–water partition coefficient (Wildman–Crippen LogP) is 4.36. The van der Waals surface area contributed by atoms with E-state index in [1.165, 1.54) is 0 Å². The molecule has 0 aliphatic heterocycles. The van der Waals surface area contributed by atoms with E-state index in [9.17, 15) is 9.59 Å². The van der Waals surface area contributed by atoms with Gasteiger partial charge in [0.25, 0.3) is 5.56 Å². The summed E-state index contributed by atoms with van der Waals surface area (Å²) in [5, 5.41) is 3.80. The van der Waals surface area contributed by atoms with Crippen LogP contribution in [0.1, 0.15) is 11.1 Å². The summed E-state index contributed by atoms with van der Waals surface area (Å²) in [6.45, 7) is 2.31. The average molecular weight is 453 g/mol. The number of carbonyl (C=O) groups is 1. The number of fused-ring (bicyclic) bond motifs is 3. The average Bonchev–Trinajstić information content (AvgIpc) is 3.17. The van der Waals surface area contributed by atoms with Gasteiger partial charge in [0.05, 0.1) is 25.5 Å². The van der Waals surface area contributed by atoms with Crippen molar-refractivity contribution < 1.29 is 9.53 Å². The molecule has 170 valence electrons. The fourth-order valence-electron chi connectivity index (χ4n) is 4.20. The molecule has 0 saturated carbocycles. The molecule has 5 rings (SSSR count). The van der Waals surface area contributed by atoms with Gasteiger partial charge < -0.3 is 14.6 Å². The number of aryl methyl sites for hydroxylation is 1. The molecule has 0 bridgehead atoms. The van der Waals surface area contributed by atoms with Gasteiger partial charge in [-0.3, -0.25) is 14.2 Å². The molecule has 0 unspecified atom stereocenters. The molecule has 7 heteroatoms. The molecule has 0 saturated heterocycles. The number of anilines is 1. The van der Waals surface area contributed by atoms with Gasteiger partial charge >= 0.3 is 0 Å². The van der Waals surface area contributed by atoms with E-state index in [1.54, 1.807) is 22.6 Å². The number of hydrogen-bond acceptors (Lipinski definition) is 4. The normalized spacial score (nSPS) is 11.1. The Morgan fingerprint density at radius 1 is 1.00 bits per heavy atom. The lowest BCUT2D eigenvalue weighted by atomic mass is 10.2. The third kappa shape index (κ3) is 3.92. The molecular weight excluding hydrogens is 428 g/mol. The van der Waals surface area contributed by atoms with Crippen molar-refractivity contribution in [2.75, 3.05) is 12.4 Å². The summed E-state index contributed by atoms with van der Waals surface area (Å²) in [6.07, 6.45) is 1.57. The van der Waals surface area contributed by atoms with E-state index in [0.29, 0.717) is 17.6 Å². The molecule has 0 aliphatic carbocycles. The largest absolute Gasteiger partial charge is 0.497 e. The first-order valence-corrected chi connectivity index (χ1v) is 11.0. The fourth-order valence-corrected chi connectivity index (χ4v) is 4.20. The second-order valence-corrected chi connectivity index (χ2v) is 8.19. The van der Waals surface area contributed by atoms with E-state index in [0.717, 1.165) is 33.5 Å². The van der Waals surface area contributed by atoms with Crippen molar-refractivity contribution in [3.05, 3.63) is 101 Å². The number of ether oxygens (including phenoxy) is 1. The first-order valence-electron chi connectivity index (χ1n) is 11.0. The van der Waals surface area contributed by atoms with E-state index in [2.05, 4.69) is 10.3 Å². The number of carbonyl (C=O) groups excluding carboxylic acids is 1. The van der Waals surface area contributed by atoms with E-state index in [4.69, 9.17) is 4.74 Å². The molecule has 1 amide bonds. The van der Waals surface area contributed by atoms with Crippen LogP contribution in [-0.4, -0.2) is 27.1 Å². The molecular formula is C27H24N4O3. The van der Waals surface area contributed by atoms with Crippen LogP contribution < -0.4 is 15.6 Å². The zero-order valence-electron chi connectivity index (χ0n) is 19.0. The minimum absolute atomic E-state index is 0.00180. The summed E-state index contributed by atoms with van der Waals surface area (Å²) in [4.78, 5) is 31.2. The monoisotopic (exact) mass is 452 g/mol. The Kier molecular flexibility index (Phi) is 5.59. The summed E-state index contributed by atoms with van der Waals surface area (Å²) in [6, 6.07) is 22.8. The van der Waals surface area contributed by atoms with Crippen molar-refractivity contribution in [2.45, 2.75) is 20.0 Å². The minimum Gasteiger partial charge on any atom is -0.497 e. The number of aromatic nitrogens is 3. The van der Waals surface area contributed by atoms with Crippen LogP contribution in [0.4, 0.5) is 5.69 Å². The van der Waals surface area contributed by atoms with E-state index >= 15 is 0 Å². The Morgan fingerprint density at radius 3 is 2.50 bits per heavy atom. The zero-order chi connectivity index (χ0) is 23.7. The van der Waals surface area contributed by atoms with Gasteiger partial charge in [-0.1, -0.05) is 48.5 Å². The van der Waals surface area contributed by atoms with Crippen molar-refractivity contribution >= 4 is 33.5 Å². The lowest BCUT2D eigenvalue weighted by Gasteiger charge is -2.11. The second kappa shape index (κ2) is 8.86. The SMILES string of the molecule is COc1ccc(Cn2cnc3c4ccccc4n(CC(=O)Nc4ccccc4C)c3c2=O)cc1. The molecule has 0 radical (unpaired) electrons. The highest BCUT2D eigenvalue weighted by molar-refractivity contribution is 6.06. The van der Waals surface area contributed by atoms with Crippen molar-refractivity contribution in [3.8, 4) is 5.75 Å². The first-order chi connectivity index (χ1) is 16.5. The smallest absolute Gasteiger partial charge is 0.278 e. The third-order valence-corrected chi connectivity index (χ3v) is 5.97. The Bertz CT molecular complexity index is 1570. The molecule has 0 fully saturated rings. The summed E-state index contributed by atoms with van der Waals surface area (Å²) in [7, 11) is 1.62. The molecule has 5 aromatic rings. The van der Waals surface area contributed by atoms with Crippen LogP contribution in [0.15, 0.2) is 83.9 Å². The molecule has 2 heterocycles. The first kappa shape index (κ1) is 21.5. The van der Waals surface area contributed by atoms with Crippen LogP contribution in [-0.2, 0) is 17.9 Å². The number of rotatable bonds is 6. The van der Waals surface area contributed by atoms with Gasteiger partial charge in [0, 0.05) is 11.1 Å². The van der Waals surface area contributed by atoms with Crippen LogP contribution >= 0.6 is 0 Å². The Hall–Kier alpha value is -4.39. The Morgan fingerprint density at radius 2 is 1.74 bits per heavy atom. The summed E-state index contributed by atoms with van der Waals surface area (Å²) in [5.74, 6) is 0.548. The standard InChI is InChI=1S/C27H24N4O3/c1-18-7-3-5-9-22(18)29-24(32)16-31-23-10-6-4-8-21(23)25-26(31)27(33)30(17-28-25)15-19-11-13-20(34-2)14-12-19/h3-14,17H,15-16H2,1-2H3,(H,29,32). The quantitative estimate of drug-likeness (QED) is 0.415. The molecule has 7 nitrogen and oxygen atoms in total. The molecule has 0 atom stereocenters. The van der Waals surface area contributed by atoms with Crippen LogP contribution in [0, 0.1) is 6.92 Å². The summed E-state index contributed by atoms with van der Waals surface area (Å²) in [5.41, 5.74) is 4.28. The molecule has 3 aromatic carbocycles. The summed E-state index contributed by atoms with van der Waals surface area (Å²) < 4.78 is 8.55. The Labute approximate surface area is 196 Å². The number of nitrogens with zero attached hydrogens (tertiary/aromatic N) is 3. The predicted molar refractivity (Wildman–Crippen MR) is 133 cm³/mol. The van der Waals surface area contributed by atoms with Gasteiger partial charge in [-0.05, 0) is 42.3 Å². The molecule has 34 heavy (non-hydrogen) atoms. The number of nitrogens with one attached hydrogen (secondary N) is 1. The maximum Gasteiger partial charge on any atom is 0.278 e. The topological polar surface area (TPSA) is 78.2 Å². The fraction of sp³-hybridized carbons (Fsp3) is 0.148. The second-order valence-electron chi connectivity index (χ2n) is 8.19. The van der Waals surface area contributed by atoms with Crippen molar-refractivity contribution in [1.82, 2.24) is 14.1 Å². The van der Waals surface area contributed by atoms with Gasteiger partial charge in [0.2, 0.25) is 5.91 Å². The maximum absolute atomic E-state index is 13.6. The maximum atomic E-state index is 13.6. The number of benzene rings is 3. The van der Waals surface area contributed by atoms with Crippen LogP contribution in [0.2, 0.25) is 0 Å². The van der Waals surface area contributed by atoms with E-state index < -0.39 is 0 Å². The number of hydrogen-bond donors (Lipinski definition) is 1. The molecule has 2 aromatic heterocycles. The van der Waals surface area contributed by atoms with Gasteiger partial charge in [0.15, 0.2) is 0 Å². The highest BCUT2D eigenvalue weighted by atomic mass is 16.5. The number of amides is 1. The van der Waals surface area contributed by atoms with Crippen LogP contribution in [0.25, 0.3) is 21.9 Å². The molecule has 0 spiro atoms. The van der Waals surface area contributed by atoms with Gasteiger partial charge in [-0.25, -0.2) is 4.98 Å². The lowest BCUT2D eigenvalue weighted by molar-refractivity contribution is -0.116. The van der Waals surface area contributed by atoms with E-state index in [-0.39, 0.29) is 18.0 Å². The zero-order valence-corrected chi connectivity index (χ0v) is 19.0. The lowest BCUT2D eigenvalue weighted by Crippen LogP contribution is -2.25. The minimum atomic E-state index is -0.207.